The topological polar surface area (TPSA) is 96.5 Å². The zero-order valence-corrected chi connectivity index (χ0v) is 15.6. The molecule has 0 aliphatic heterocycles. The zero-order chi connectivity index (χ0) is 19.1. The molecule has 0 spiro atoms. The third-order valence-corrected chi connectivity index (χ3v) is 3.68. The molecule has 0 saturated heterocycles. The Morgan fingerprint density at radius 1 is 0.929 bits per heavy atom. The number of aromatic nitrogens is 1. The molecule has 3 rings (SSSR count). The number of rotatable bonds is 6. The summed E-state index contributed by atoms with van der Waals surface area (Å²) in [6.07, 6.45) is 1.52. The van der Waals surface area contributed by atoms with Crippen LogP contribution in [0, 0.1) is 0 Å². The van der Waals surface area contributed by atoms with Crippen molar-refractivity contribution in [1.82, 2.24) is 4.98 Å². The first-order valence-corrected chi connectivity index (χ1v) is 8.21. The molecule has 0 fully saturated rings. The molecule has 0 N–H and O–H groups in total. The van der Waals surface area contributed by atoms with Gasteiger partial charge >= 0.3 is 16.5 Å². The van der Waals surface area contributed by atoms with Gasteiger partial charge in [0.15, 0.2) is 0 Å². The van der Waals surface area contributed by atoms with Crippen molar-refractivity contribution in [2.24, 2.45) is 4.99 Å². The Bertz CT molecular complexity index is 976. The van der Waals surface area contributed by atoms with Gasteiger partial charge in [0.1, 0.15) is 5.91 Å². The summed E-state index contributed by atoms with van der Waals surface area (Å²) in [6, 6.07) is 21.1. The van der Waals surface area contributed by atoms with Crippen LogP contribution in [0.5, 0.6) is 0 Å². The Morgan fingerprint density at radius 2 is 1.61 bits per heavy atom. The van der Waals surface area contributed by atoms with Crippen LogP contribution in [0.3, 0.4) is 0 Å². The van der Waals surface area contributed by atoms with Crippen molar-refractivity contribution in [2.45, 2.75) is 0 Å². The Hall–Kier alpha value is -3.31. The number of carbonyl (C=O) groups is 2. The number of hydrogen-bond donors (Lipinski definition) is 0. The second-order valence-corrected chi connectivity index (χ2v) is 5.55. The fraction of sp³-hybridized carbons (Fsp3) is 0.0476. The maximum atomic E-state index is 12.4. The van der Waals surface area contributed by atoms with Crippen LogP contribution in [-0.2, 0) is 21.3 Å². The summed E-state index contributed by atoms with van der Waals surface area (Å²) in [5, 5.41) is 15.1. The molecule has 0 radical (unpaired) electrons. The molecule has 0 bridgehead atoms. The molecule has 0 saturated carbocycles. The molecule has 0 atom stereocenters. The predicted octanol–water partition coefficient (Wildman–Crippen LogP) is 2.51. The molecule has 1 amide bonds. The van der Waals surface area contributed by atoms with Gasteiger partial charge in [0, 0.05) is 11.8 Å². The van der Waals surface area contributed by atoms with Crippen LogP contribution in [0.4, 0.5) is 5.69 Å². The van der Waals surface area contributed by atoms with Crippen LogP contribution in [-0.4, -0.2) is 29.1 Å². The van der Waals surface area contributed by atoms with E-state index in [-0.39, 0.29) is 22.2 Å². The number of amides is 1. The molecule has 142 valence electrons. The van der Waals surface area contributed by atoms with E-state index in [1.165, 1.54) is 6.20 Å². The first kappa shape index (κ1) is 21.0. The van der Waals surface area contributed by atoms with E-state index in [4.69, 9.17) is 0 Å². The van der Waals surface area contributed by atoms with Crippen LogP contribution in [0.15, 0.2) is 84.0 Å². The number of pyridine rings is 1. The third-order valence-electron chi connectivity index (χ3n) is 3.68. The Labute approximate surface area is 172 Å². The van der Waals surface area contributed by atoms with E-state index in [2.05, 4.69) is 15.3 Å². The third kappa shape index (κ3) is 5.35. The first-order chi connectivity index (χ1) is 13.1. The minimum Gasteiger partial charge on any atom is -0.621 e. The standard InChI is InChI=1S/C21H17N3O3.Ni/c25-19(26)14-23-20(15-8-2-1-3-9-15)16-10-4-5-11-17(16)24-21(27)18-12-6-7-13-22-18;/h1-13H,14H2,(H2,23,24,25,26,27);/q;+2/p-2. The number of carbonyl (C=O) groups excluding carboxylic acids is 2. The minimum absolute atomic E-state index is 0. The molecule has 0 aliphatic rings. The molecule has 7 heteroatoms. The molecule has 0 unspecified atom stereocenters. The number of benzene rings is 2. The second kappa shape index (κ2) is 10.1. The van der Waals surface area contributed by atoms with Crippen LogP contribution in [0.2, 0.25) is 0 Å². The average Bonchev–Trinajstić information content (AvgIpc) is 2.70. The van der Waals surface area contributed by atoms with Gasteiger partial charge in [-0.3, -0.25) is 9.98 Å². The van der Waals surface area contributed by atoms with Crippen molar-refractivity contribution in [2.75, 3.05) is 6.54 Å². The summed E-state index contributed by atoms with van der Waals surface area (Å²) in [5.74, 6) is -1.78. The van der Waals surface area contributed by atoms with Gasteiger partial charge in [-0.05, 0) is 17.7 Å². The van der Waals surface area contributed by atoms with Gasteiger partial charge in [-0.25, -0.2) is 0 Å². The number of aliphatic imine (C=N–C) groups is 1. The predicted molar refractivity (Wildman–Crippen MR) is 100.0 cm³/mol. The van der Waals surface area contributed by atoms with Crippen LogP contribution in [0.1, 0.15) is 21.6 Å². The SMILES string of the molecule is O=C([O-])CN=C(c1ccccc1)c1ccccc1[N-]C(=O)c1ccccn1.[Ni+2]. The Balaban J connectivity index is 0.00000280. The molecule has 6 nitrogen and oxygen atoms in total. The zero-order valence-electron chi connectivity index (χ0n) is 14.6. The molecule has 3 aromatic rings. The number of nitrogens with zero attached hydrogens (tertiary/aromatic N) is 3. The van der Waals surface area contributed by atoms with E-state index in [9.17, 15) is 14.7 Å². The number of para-hydroxylation sites is 1. The van der Waals surface area contributed by atoms with E-state index in [0.717, 1.165) is 0 Å². The largest absolute Gasteiger partial charge is 2.00 e. The van der Waals surface area contributed by atoms with Crippen molar-refractivity contribution in [3.8, 4) is 0 Å². The first-order valence-electron chi connectivity index (χ1n) is 8.21. The number of carboxylic acids is 1. The smallest absolute Gasteiger partial charge is 0.621 e. The van der Waals surface area contributed by atoms with Crippen molar-refractivity contribution >= 4 is 23.3 Å². The van der Waals surface area contributed by atoms with Gasteiger partial charge in [-0.1, -0.05) is 60.7 Å². The molecular weight excluding hydrogens is 401 g/mol. The second-order valence-electron chi connectivity index (χ2n) is 5.55. The quantitative estimate of drug-likeness (QED) is 0.456. The summed E-state index contributed by atoms with van der Waals surface area (Å²) in [5.41, 5.74) is 2.29. The van der Waals surface area contributed by atoms with E-state index < -0.39 is 18.4 Å². The van der Waals surface area contributed by atoms with E-state index in [1.807, 2.05) is 30.3 Å². The van der Waals surface area contributed by atoms with Crippen molar-refractivity contribution < 1.29 is 31.2 Å². The van der Waals surface area contributed by atoms with E-state index in [1.54, 1.807) is 42.5 Å². The van der Waals surface area contributed by atoms with Gasteiger partial charge in [-0.15, -0.1) is 5.69 Å². The Morgan fingerprint density at radius 3 is 2.29 bits per heavy atom. The van der Waals surface area contributed by atoms with Gasteiger partial charge in [-0.2, -0.15) is 0 Å². The van der Waals surface area contributed by atoms with Crippen LogP contribution >= 0.6 is 0 Å². The summed E-state index contributed by atoms with van der Waals surface area (Å²) < 4.78 is 0. The fourth-order valence-corrected chi connectivity index (χ4v) is 2.50. The van der Waals surface area contributed by atoms with Crippen molar-refractivity contribution in [1.29, 1.82) is 0 Å². The normalized spacial score (nSPS) is 10.6. The van der Waals surface area contributed by atoms with E-state index in [0.29, 0.717) is 22.5 Å². The minimum atomic E-state index is -1.29. The molecule has 1 aromatic heterocycles. The molecule has 28 heavy (non-hydrogen) atoms. The maximum absolute atomic E-state index is 12.4. The average molecular weight is 416 g/mol. The van der Waals surface area contributed by atoms with Crippen molar-refractivity contribution in [3.05, 3.63) is 101 Å². The molecule has 2 aromatic carbocycles. The van der Waals surface area contributed by atoms with Crippen molar-refractivity contribution in [3.63, 3.8) is 0 Å². The van der Waals surface area contributed by atoms with Crippen LogP contribution in [0.25, 0.3) is 5.32 Å². The monoisotopic (exact) mass is 415 g/mol. The molecular formula is C21H15N3NiO3. The van der Waals surface area contributed by atoms with Gasteiger partial charge in [0.05, 0.1) is 23.9 Å². The van der Waals surface area contributed by atoms with E-state index >= 15 is 0 Å². The number of hydrogen-bond acceptors (Lipinski definition) is 5. The maximum Gasteiger partial charge on any atom is 2.00 e. The number of aliphatic carboxylic acids is 1. The fourth-order valence-electron chi connectivity index (χ4n) is 2.50. The van der Waals surface area contributed by atoms with Gasteiger partial charge in [0.2, 0.25) is 0 Å². The summed E-state index contributed by atoms with van der Waals surface area (Å²) in [4.78, 5) is 31.5. The molecule has 1 heterocycles. The summed E-state index contributed by atoms with van der Waals surface area (Å²) in [7, 11) is 0. The van der Waals surface area contributed by atoms with Gasteiger partial charge < -0.3 is 20.0 Å². The molecule has 0 aliphatic carbocycles. The van der Waals surface area contributed by atoms with Gasteiger partial charge in [0.25, 0.3) is 0 Å². The Kier molecular flexibility index (Phi) is 7.60. The number of carboxylic acid groups (broad SMARTS) is 1. The summed E-state index contributed by atoms with van der Waals surface area (Å²) >= 11 is 0. The van der Waals surface area contributed by atoms with Crippen LogP contribution < -0.4 is 5.11 Å². The summed E-state index contributed by atoms with van der Waals surface area (Å²) in [6.45, 7) is -0.493.